The molecule has 0 amide bonds. The van der Waals surface area contributed by atoms with Gasteiger partial charge in [0.05, 0.1) is 17.6 Å². The van der Waals surface area contributed by atoms with Crippen molar-refractivity contribution in [3.05, 3.63) is 35.2 Å². The average Bonchev–Trinajstić information content (AvgIpc) is 2.45. The second kappa shape index (κ2) is 3.50. The quantitative estimate of drug-likeness (QED) is 0.805. The van der Waals surface area contributed by atoms with Gasteiger partial charge in [-0.1, -0.05) is 11.6 Å². The molecule has 2 aromatic rings. The second-order valence-corrected chi connectivity index (χ2v) is 5.97. The number of sulfone groups is 1. The van der Waals surface area contributed by atoms with Gasteiger partial charge in [0.1, 0.15) is 5.65 Å². The number of hydrogen-bond donors (Lipinski definition) is 0. The molecule has 0 saturated heterocycles. The van der Waals surface area contributed by atoms with Crippen LogP contribution >= 0.6 is 11.6 Å². The summed E-state index contributed by atoms with van der Waals surface area (Å²) >= 11 is 5.79. The van der Waals surface area contributed by atoms with Gasteiger partial charge in [0.25, 0.3) is 0 Å². The SMILES string of the molecule is CS(=O)(=O)Cc1cnc2cc(Cl)ccn12. The van der Waals surface area contributed by atoms with Gasteiger partial charge in [-0.25, -0.2) is 13.4 Å². The summed E-state index contributed by atoms with van der Waals surface area (Å²) in [4.78, 5) is 4.08. The molecule has 0 N–H and O–H groups in total. The molecule has 0 aliphatic heterocycles. The average molecular weight is 245 g/mol. The molecule has 2 heterocycles. The molecule has 0 spiro atoms. The van der Waals surface area contributed by atoms with E-state index in [1.54, 1.807) is 28.9 Å². The smallest absolute Gasteiger partial charge is 0.153 e. The van der Waals surface area contributed by atoms with Crippen LogP contribution in [0.4, 0.5) is 0 Å². The van der Waals surface area contributed by atoms with E-state index < -0.39 is 9.84 Å². The number of nitrogens with zero attached hydrogens (tertiary/aromatic N) is 2. The van der Waals surface area contributed by atoms with E-state index in [0.717, 1.165) is 0 Å². The summed E-state index contributed by atoms with van der Waals surface area (Å²) < 4.78 is 24.0. The summed E-state index contributed by atoms with van der Waals surface area (Å²) in [7, 11) is -3.04. The first kappa shape index (κ1) is 10.4. The minimum atomic E-state index is -3.04. The number of hydrogen-bond acceptors (Lipinski definition) is 3. The molecule has 0 aromatic carbocycles. The highest BCUT2D eigenvalue weighted by Crippen LogP contribution is 2.14. The molecule has 2 aromatic heterocycles. The maximum atomic E-state index is 11.1. The highest BCUT2D eigenvalue weighted by Gasteiger charge is 2.09. The zero-order valence-electron chi connectivity index (χ0n) is 8.01. The fraction of sp³-hybridized carbons (Fsp3) is 0.222. The molecule has 0 atom stereocenters. The number of imidazole rings is 1. The van der Waals surface area contributed by atoms with Crippen molar-refractivity contribution in [2.24, 2.45) is 0 Å². The highest BCUT2D eigenvalue weighted by atomic mass is 35.5. The third kappa shape index (κ3) is 2.30. The Kier molecular flexibility index (Phi) is 2.44. The lowest BCUT2D eigenvalue weighted by Gasteiger charge is -1.99. The molecular weight excluding hydrogens is 236 g/mol. The molecule has 0 unspecified atom stereocenters. The number of aromatic nitrogens is 2. The molecule has 0 saturated carbocycles. The van der Waals surface area contributed by atoms with Crippen molar-refractivity contribution in [1.29, 1.82) is 0 Å². The maximum Gasteiger partial charge on any atom is 0.153 e. The van der Waals surface area contributed by atoms with E-state index in [2.05, 4.69) is 4.98 Å². The predicted molar refractivity (Wildman–Crippen MR) is 58.7 cm³/mol. The molecule has 0 radical (unpaired) electrons. The topological polar surface area (TPSA) is 51.4 Å². The Balaban J connectivity index is 2.55. The van der Waals surface area contributed by atoms with Crippen LogP contribution in [-0.2, 0) is 15.6 Å². The Labute approximate surface area is 92.4 Å². The van der Waals surface area contributed by atoms with Gasteiger partial charge >= 0.3 is 0 Å². The zero-order chi connectivity index (χ0) is 11.1. The third-order valence-electron chi connectivity index (χ3n) is 1.96. The van der Waals surface area contributed by atoms with E-state index in [1.165, 1.54) is 6.26 Å². The maximum absolute atomic E-state index is 11.1. The Bertz CT molecular complexity index is 604. The third-order valence-corrected chi connectivity index (χ3v) is 3.02. The van der Waals surface area contributed by atoms with Crippen molar-refractivity contribution in [3.63, 3.8) is 0 Å². The van der Waals surface area contributed by atoms with E-state index in [0.29, 0.717) is 16.4 Å². The van der Waals surface area contributed by atoms with E-state index in [1.807, 2.05) is 0 Å². The normalized spacial score (nSPS) is 12.1. The molecule has 2 rings (SSSR count). The van der Waals surface area contributed by atoms with Crippen LogP contribution in [0.25, 0.3) is 5.65 Å². The van der Waals surface area contributed by atoms with Crippen molar-refractivity contribution in [2.45, 2.75) is 5.75 Å². The second-order valence-electron chi connectivity index (χ2n) is 3.39. The molecule has 0 bridgehead atoms. The van der Waals surface area contributed by atoms with Crippen LogP contribution in [0.5, 0.6) is 0 Å². The van der Waals surface area contributed by atoms with Gasteiger partial charge in [0.15, 0.2) is 9.84 Å². The van der Waals surface area contributed by atoms with E-state index in [4.69, 9.17) is 11.6 Å². The van der Waals surface area contributed by atoms with Gasteiger partial charge in [-0.2, -0.15) is 0 Å². The number of rotatable bonds is 2. The molecule has 4 nitrogen and oxygen atoms in total. The first-order valence-electron chi connectivity index (χ1n) is 4.25. The Hall–Kier alpha value is -1.07. The highest BCUT2D eigenvalue weighted by molar-refractivity contribution is 7.89. The minimum Gasteiger partial charge on any atom is -0.303 e. The largest absolute Gasteiger partial charge is 0.303 e. The Morgan fingerprint density at radius 1 is 1.53 bits per heavy atom. The molecule has 15 heavy (non-hydrogen) atoms. The minimum absolute atomic E-state index is 0.0181. The summed E-state index contributed by atoms with van der Waals surface area (Å²) in [5.74, 6) is -0.0181. The molecule has 0 fully saturated rings. The molecule has 80 valence electrons. The van der Waals surface area contributed by atoms with Gasteiger partial charge in [0.2, 0.25) is 0 Å². The Morgan fingerprint density at radius 3 is 2.93 bits per heavy atom. The van der Waals surface area contributed by atoms with Crippen LogP contribution < -0.4 is 0 Å². The number of fused-ring (bicyclic) bond motifs is 1. The lowest BCUT2D eigenvalue weighted by atomic mass is 10.4. The summed E-state index contributed by atoms with van der Waals surface area (Å²) in [6.45, 7) is 0. The van der Waals surface area contributed by atoms with Gasteiger partial charge in [-0.3, -0.25) is 0 Å². The number of halogens is 1. The van der Waals surface area contributed by atoms with E-state index >= 15 is 0 Å². The molecule has 6 heteroatoms. The molecular formula is C9H9ClN2O2S. The van der Waals surface area contributed by atoms with Gasteiger partial charge in [0, 0.05) is 17.5 Å². The van der Waals surface area contributed by atoms with E-state index in [-0.39, 0.29) is 5.75 Å². The zero-order valence-corrected chi connectivity index (χ0v) is 9.59. The first-order valence-corrected chi connectivity index (χ1v) is 6.69. The van der Waals surface area contributed by atoms with Crippen molar-refractivity contribution >= 4 is 27.1 Å². The summed E-state index contributed by atoms with van der Waals surface area (Å²) in [6.07, 6.45) is 4.46. The van der Waals surface area contributed by atoms with Gasteiger partial charge in [-0.15, -0.1) is 0 Å². The van der Waals surface area contributed by atoms with Crippen LogP contribution in [0, 0.1) is 0 Å². The van der Waals surface area contributed by atoms with Crippen molar-refractivity contribution in [1.82, 2.24) is 9.38 Å². The summed E-state index contributed by atoms with van der Waals surface area (Å²) in [5, 5.41) is 0.582. The van der Waals surface area contributed by atoms with Crippen molar-refractivity contribution in [2.75, 3.05) is 6.26 Å². The number of pyridine rings is 1. The molecule has 0 aliphatic carbocycles. The van der Waals surface area contributed by atoms with Crippen molar-refractivity contribution in [3.8, 4) is 0 Å². The first-order chi connectivity index (χ1) is 6.96. The summed E-state index contributed by atoms with van der Waals surface area (Å²) in [6, 6.07) is 3.38. The Morgan fingerprint density at radius 2 is 2.27 bits per heavy atom. The summed E-state index contributed by atoms with van der Waals surface area (Å²) in [5.41, 5.74) is 1.30. The van der Waals surface area contributed by atoms with Crippen LogP contribution in [-0.4, -0.2) is 24.1 Å². The lowest BCUT2D eigenvalue weighted by Crippen LogP contribution is -2.03. The molecule has 0 aliphatic rings. The van der Waals surface area contributed by atoms with Crippen molar-refractivity contribution < 1.29 is 8.42 Å². The van der Waals surface area contributed by atoms with Gasteiger partial charge < -0.3 is 4.40 Å². The predicted octanol–water partition coefficient (Wildman–Crippen LogP) is 1.53. The van der Waals surface area contributed by atoms with E-state index in [9.17, 15) is 8.42 Å². The van der Waals surface area contributed by atoms with Crippen LogP contribution in [0.3, 0.4) is 0 Å². The monoisotopic (exact) mass is 244 g/mol. The van der Waals surface area contributed by atoms with Crippen LogP contribution in [0.15, 0.2) is 24.5 Å². The fourth-order valence-corrected chi connectivity index (χ4v) is 2.29. The standard InChI is InChI=1S/C9H9ClN2O2S/c1-15(13,14)6-8-5-11-9-4-7(10)2-3-12(8)9/h2-5H,6H2,1H3. The van der Waals surface area contributed by atoms with Crippen LogP contribution in [0.1, 0.15) is 5.69 Å². The fourth-order valence-electron chi connectivity index (χ4n) is 1.38. The van der Waals surface area contributed by atoms with Crippen LogP contribution in [0.2, 0.25) is 5.02 Å². The lowest BCUT2D eigenvalue weighted by molar-refractivity contribution is 0.600. The van der Waals surface area contributed by atoms with Gasteiger partial charge in [-0.05, 0) is 12.1 Å².